The van der Waals surface area contributed by atoms with Crippen LogP contribution in [0.15, 0.2) is 103 Å². The third-order valence-electron chi connectivity index (χ3n) is 7.23. The second-order valence-corrected chi connectivity index (χ2v) is 10.5. The van der Waals surface area contributed by atoms with Gasteiger partial charge in [0.25, 0.3) is 0 Å². The molecule has 6 rings (SSSR count). The van der Waals surface area contributed by atoms with Crippen molar-refractivity contribution in [3.63, 3.8) is 0 Å². The van der Waals surface area contributed by atoms with E-state index in [1.165, 1.54) is 5.56 Å². The van der Waals surface area contributed by atoms with E-state index in [2.05, 4.69) is 38.3 Å². The van der Waals surface area contributed by atoms with Gasteiger partial charge in [-0.05, 0) is 58.7 Å². The van der Waals surface area contributed by atoms with Gasteiger partial charge in [-0.15, -0.1) is 0 Å². The zero-order chi connectivity index (χ0) is 27.3. The van der Waals surface area contributed by atoms with Crippen molar-refractivity contribution in [3.8, 4) is 11.1 Å². The van der Waals surface area contributed by atoms with Crippen LogP contribution >= 0.6 is 11.6 Å². The van der Waals surface area contributed by atoms with Gasteiger partial charge < -0.3 is 10.2 Å². The third-order valence-corrected chi connectivity index (χ3v) is 7.47. The molecular weight excluding hydrogens is 518 g/mol. The first-order valence-corrected chi connectivity index (χ1v) is 13.9. The Labute approximate surface area is 239 Å². The molecule has 40 heavy (non-hydrogen) atoms. The number of nitrogens with one attached hydrogen (secondary N) is 1. The zero-order valence-corrected chi connectivity index (χ0v) is 22.9. The van der Waals surface area contributed by atoms with E-state index in [-0.39, 0.29) is 5.91 Å². The van der Waals surface area contributed by atoms with Crippen molar-refractivity contribution < 1.29 is 4.79 Å². The summed E-state index contributed by atoms with van der Waals surface area (Å²) in [5, 5.41) is 3.77. The maximum absolute atomic E-state index is 12.4. The van der Waals surface area contributed by atoms with Gasteiger partial charge in [0.15, 0.2) is 0 Å². The first-order valence-electron chi connectivity index (χ1n) is 13.5. The molecule has 0 atom stereocenters. The van der Waals surface area contributed by atoms with Crippen molar-refractivity contribution in [2.24, 2.45) is 0 Å². The summed E-state index contributed by atoms with van der Waals surface area (Å²) >= 11 is 6.16. The van der Waals surface area contributed by atoms with Crippen LogP contribution in [0.5, 0.6) is 0 Å². The number of carbonyl (C=O) groups is 1. The van der Waals surface area contributed by atoms with E-state index >= 15 is 0 Å². The Bertz CT molecular complexity index is 1620. The topological polar surface area (TPSA) is 61.4 Å². The molecule has 0 unspecified atom stereocenters. The summed E-state index contributed by atoms with van der Waals surface area (Å²) in [6.45, 7) is 4.62. The summed E-state index contributed by atoms with van der Waals surface area (Å²) in [7, 11) is 0. The summed E-state index contributed by atoms with van der Waals surface area (Å²) < 4.78 is 0. The van der Waals surface area contributed by atoms with Crippen molar-refractivity contribution in [2.45, 2.75) is 13.0 Å². The summed E-state index contributed by atoms with van der Waals surface area (Å²) in [4.78, 5) is 26.8. The number of benzene rings is 4. The number of piperazine rings is 1. The standard InChI is InChI=1S/C33H30ClN5O/c34-28-8-4-7-25(19-28)23-38-15-17-39(18-16-38)32-22-35-30-14-11-27(21-31(30)37-32)26-9-12-29(13-10-26)36-33(40)20-24-5-2-1-3-6-24/h1-14,19,21-22H,15-18,20,23H2,(H,36,40). The van der Waals surface area contributed by atoms with E-state index in [1.807, 2.05) is 85.1 Å². The van der Waals surface area contributed by atoms with Crippen molar-refractivity contribution >= 4 is 40.0 Å². The van der Waals surface area contributed by atoms with Crippen LogP contribution in [-0.4, -0.2) is 47.0 Å². The highest BCUT2D eigenvalue weighted by Crippen LogP contribution is 2.26. The molecule has 1 N–H and O–H groups in total. The fourth-order valence-corrected chi connectivity index (χ4v) is 5.31. The molecule has 6 nitrogen and oxygen atoms in total. The van der Waals surface area contributed by atoms with Gasteiger partial charge in [-0.2, -0.15) is 0 Å². The van der Waals surface area contributed by atoms with Gasteiger partial charge in [0.2, 0.25) is 5.91 Å². The van der Waals surface area contributed by atoms with E-state index in [4.69, 9.17) is 16.6 Å². The van der Waals surface area contributed by atoms with Crippen molar-refractivity contribution in [1.29, 1.82) is 0 Å². The van der Waals surface area contributed by atoms with Gasteiger partial charge >= 0.3 is 0 Å². The van der Waals surface area contributed by atoms with Crippen LogP contribution in [-0.2, 0) is 17.8 Å². The van der Waals surface area contributed by atoms with E-state index in [0.29, 0.717) is 6.42 Å². The first-order chi connectivity index (χ1) is 19.6. The molecule has 1 aliphatic heterocycles. The molecule has 5 aromatic rings. The van der Waals surface area contributed by atoms with Crippen LogP contribution in [0.2, 0.25) is 5.02 Å². The Hall–Kier alpha value is -4.26. The van der Waals surface area contributed by atoms with E-state index in [9.17, 15) is 4.79 Å². The third kappa shape index (κ3) is 6.30. The Morgan fingerprint density at radius 1 is 0.775 bits per heavy atom. The van der Waals surface area contributed by atoms with Crippen molar-refractivity contribution in [2.75, 3.05) is 36.4 Å². The lowest BCUT2D eigenvalue weighted by atomic mass is 10.0. The van der Waals surface area contributed by atoms with Crippen LogP contribution in [0.3, 0.4) is 0 Å². The van der Waals surface area contributed by atoms with Crippen molar-refractivity contribution in [3.05, 3.63) is 119 Å². The fraction of sp³-hybridized carbons (Fsp3) is 0.182. The number of aromatic nitrogens is 2. The van der Waals surface area contributed by atoms with Crippen LogP contribution in [0.1, 0.15) is 11.1 Å². The minimum absolute atomic E-state index is 0.0299. The van der Waals surface area contributed by atoms with Gasteiger partial charge in [0.05, 0.1) is 23.7 Å². The highest BCUT2D eigenvalue weighted by molar-refractivity contribution is 6.30. The normalized spacial score (nSPS) is 13.9. The molecule has 1 amide bonds. The molecule has 0 saturated carbocycles. The Morgan fingerprint density at radius 2 is 1.52 bits per heavy atom. The van der Waals surface area contributed by atoms with Crippen LogP contribution < -0.4 is 10.2 Å². The Kier molecular flexibility index (Phi) is 7.71. The van der Waals surface area contributed by atoms with E-state index in [1.54, 1.807) is 0 Å². The molecule has 2 heterocycles. The highest BCUT2D eigenvalue weighted by atomic mass is 35.5. The number of carbonyl (C=O) groups excluding carboxylic acids is 1. The lowest BCUT2D eigenvalue weighted by molar-refractivity contribution is -0.115. The molecule has 7 heteroatoms. The fourth-order valence-electron chi connectivity index (χ4n) is 5.09. The second kappa shape index (κ2) is 11.9. The molecule has 4 aromatic carbocycles. The maximum Gasteiger partial charge on any atom is 0.228 e. The molecule has 0 spiro atoms. The van der Waals surface area contributed by atoms with Crippen LogP contribution in [0.25, 0.3) is 22.2 Å². The number of anilines is 2. The monoisotopic (exact) mass is 547 g/mol. The maximum atomic E-state index is 12.4. The number of rotatable bonds is 7. The number of hydrogen-bond acceptors (Lipinski definition) is 5. The van der Waals surface area contributed by atoms with Gasteiger partial charge in [-0.1, -0.05) is 72.3 Å². The first kappa shape index (κ1) is 26.0. The molecule has 200 valence electrons. The lowest BCUT2D eigenvalue weighted by Gasteiger charge is -2.35. The summed E-state index contributed by atoms with van der Waals surface area (Å²) in [6, 6.07) is 31.9. The smallest absolute Gasteiger partial charge is 0.228 e. The van der Waals surface area contributed by atoms with Crippen LogP contribution in [0.4, 0.5) is 11.5 Å². The van der Waals surface area contributed by atoms with Gasteiger partial charge in [0, 0.05) is 43.4 Å². The minimum Gasteiger partial charge on any atom is -0.353 e. The largest absolute Gasteiger partial charge is 0.353 e. The molecule has 0 aliphatic carbocycles. The molecule has 0 bridgehead atoms. The zero-order valence-electron chi connectivity index (χ0n) is 22.1. The highest BCUT2D eigenvalue weighted by Gasteiger charge is 2.19. The molecule has 1 aromatic heterocycles. The second-order valence-electron chi connectivity index (χ2n) is 10.1. The predicted octanol–water partition coefficient (Wildman–Crippen LogP) is 6.45. The summed E-state index contributed by atoms with van der Waals surface area (Å²) in [5.74, 6) is 0.876. The van der Waals surface area contributed by atoms with Gasteiger partial charge in [0.1, 0.15) is 5.82 Å². The average molecular weight is 548 g/mol. The lowest BCUT2D eigenvalue weighted by Crippen LogP contribution is -2.46. The van der Waals surface area contributed by atoms with Crippen LogP contribution in [0, 0.1) is 0 Å². The molecule has 1 aliphatic rings. The SMILES string of the molecule is O=C(Cc1ccccc1)Nc1ccc(-c2ccc3ncc(N4CCN(Cc5cccc(Cl)c5)CC4)nc3c2)cc1. The molecule has 0 radical (unpaired) electrons. The minimum atomic E-state index is -0.0299. The number of amides is 1. The number of fused-ring (bicyclic) bond motifs is 1. The number of nitrogens with zero attached hydrogens (tertiary/aromatic N) is 4. The number of hydrogen-bond donors (Lipinski definition) is 1. The van der Waals surface area contributed by atoms with E-state index in [0.717, 1.165) is 77.0 Å². The summed E-state index contributed by atoms with van der Waals surface area (Å²) in [5.41, 5.74) is 6.88. The van der Waals surface area contributed by atoms with Crippen molar-refractivity contribution in [1.82, 2.24) is 14.9 Å². The molecule has 1 saturated heterocycles. The Balaban J connectivity index is 1.10. The number of halogens is 1. The van der Waals surface area contributed by atoms with Gasteiger partial charge in [-0.3, -0.25) is 14.7 Å². The van der Waals surface area contributed by atoms with E-state index < -0.39 is 0 Å². The summed E-state index contributed by atoms with van der Waals surface area (Å²) in [6.07, 6.45) is 2.23. The van der Waals surface area contributed by atoms with Gasteiger partial charge in [-0.25, -0.2) is 4.98 Å². The Morgan fingerprint density at radius 3 is 2.30 bits per heavy atom. The average Bonchev–Trinajstić information content (AvgIpc) is 2.98. The quantitative estimate of drug-likeness (QED) is 0.253. The molecule has 1 fully saturated rings. The molecular formula is C33H30ClN5O. The predicted molar refractivity (Wildman–Crippen MR) is 163 cm³/mol.